The molecule has 1 saturated carbocycles. The predicted molar refractivity (Wildman–Crippen MR) is 95.9 cm³/mol. The van der Waals surface area contributed by atoms with E-state index in [2.05, 4.69) is 45.0 Å². The number of hydrogen-bond acceptors (Lipinski definition) is 0. The van der Waals surface area contributed by atoms with E-state index >= 15 is 0 Å². The van der Waals surface area contributed by atoms with Gasteiger partial charge in [0, 0.05) is 0 Å². The van der Waals surface area contributed by atoms with Crippen LogP contribution >= 0.6 is 0 Å². The number of rotatable bonds is 3. The lowest BCUT2D eigenvalue weighted by Gasteiger charge is -2.29. The molecule has 1 heteroatoms. The van der Waals surface area contributed by atoms with Crippen LogP contribution in [0.2, 0.25) is 0 Å². The molecule has 1 fully saturated rings. The minimum Gasteiger partial charge on any atom is -0.207 e. The number of allylic oxidation sites excluding steroid dienone is 1. The van der Waals surface area contributed by atoms with Crippen molar-refractivity contribution in [3.63, 3.8) is 0 Å². The Labute approximate surface area is 139 Å². The van der Waals surface area contributed by atoms with Gasteiger partial charge in [0.2, 0.25) is 0 Å². The Bertz CT molecular complexity index is 716. The lowest BCUT2D eigenvalue weighted by atomic mass is 9.75. The molecule has 1 aliphatic rings. The summed E-state index contributed by atoms with van der Waals surface area (Å²) in [6.07, 6.45) is 5.10. The van der Waals surface area contributed by atoms with Crippen LogP contribution in [0.4, 0.5) is 4.39 Å². The van der Waals surface area contributed by atoms with Crippen molar-refractivity contribution in [3.8, 4) is 0 Å². The first kappa shape index (κ1) is 16.0. The van der Waals surface area contributed by atoms with Crippen molar-refractivity contribution in [1.82, 2.24) is 0 Å². The molecule has 0 atom stereocenters. The molecule has 0 radical (unpaired) electrons. The number of benzene rings is 2. The van der Waals surface area contributed by atoms with Gasteiger partial charge in [0.25, 0.3) is 0 Å². The maximum atomic E-state index is 13.4. The van der Waals surface area contributed by atoms with Gasteiger partial charge in [0.15, 0.2) is 0 Å². The summed E-state index contributed by atoms with van der Waals surface area (Å²) in [5.41, 5.74) is 6.64. The van der Waals surface area contributed by atoms with Crippen molar-refractivity contribution in [1.29, 1.82) is 0 Å². The van der Waals surface area contributed by atoms with Crippen molar-refractivity contribution < 1.29 is 4.39 Å². The summed E-state index contributed by atoms with van der Waals surface area (Å²) in [6, 6.07) is 15.5. The average molecular weight is 308 g/mol. The second kappa shape index (κ2) is 6.31. The van der Waals surface area contributed by atoms with E-state index in [1.807, 2.05) is 12.1 Å². The summed E-state index contributed by atoms with van der Waals surface area (Å²) in [4.78, 5) is 0. The molecule has 0 aromatic heterocycles. The molecule has 0 N–H and O–H groups in total. The highest BCUT2D eigenvalue weighted by atomic mass is 19.1. The molecular formula is C22H25F. The molecule has 3 rings (SSSR count). The number of hydrogen-bond donors (Lipinski definition) is 0. The van der Waals surface area contributed by atoms with E-state index in [1.165, 1.54) is 48.0 Å². The molecule has 0 bridgehead atoms. The molecule has 0 saturated heterocycles. The van der Waals surface area contributed by atoms with Crippen molar-refractivity contribution in [3.05, 3.63) is 76.6 Å². The molecule has 0 unspecified atom stereocenters. The van der Waals surface area contributed by atoms with Gasteiger partial charge < -0.3 is 0 Å². The zero-order valence-corrected chi connectivity index (χ0v) is 14.3. The normalized spacial score (nSPS) is 17.9. The van der Waals surface area contributed by atoms with Gasteiger partial charge in [0.1, 0.15) is 5.82 Å². The predicted octanol–water partition coefficient (Wildman–Crippen LogP) is 6.54. The van der Waals surface area contributed by atoms with E-state index in [1.54, 1.807) is 12.1 Å². The van der Waals surface area contributed by atoms with Crippen LogP contribution in [0.15, 0.2) is 54.1 Å². The molecule has 0 amide bonds. The van der Waals surface area contributed by atoms with E-state index < -0.39 is 0 Å². The minimum atomic E-state index is -0.178. The topological polar surface area (TPSA) is 0 Å². The van der Waals surface area contributed by atoms with Crippen LogP contribution in [0.5, 0.6) is 0 Å². The van der Waals surface area contributed by atoms with Crippen LogP contribution in [0.3, 0.4) is 0 Å². The summed E-state index contributed by atoms with van der Waals surface area (Å²) < 4.78 is 13.4. The first-order chi connectivity index (χ1) is 11.0. The summed E-state index contributed by atoms with van der Waals surface area (Å²) in [5.74, 6) is -0.178. The standard InChI is InChI=1S/C22H25F/c1-16-8-4-5-9-20(16)21(18-10-12-19(23)13-11-18)17(2)22(3)14-6-7-15-22/h4-5,8-13H,6-7,14-15H2,1-3H3/b21-17-. The Morgan fingerprint density at radius 2 is 1.57 bits per heavy atom. The van der Waals surface area contributed by atoms with Crippen LogP contribution in [0.1, 0.15) is 56.2 Å². The van der Waals surface area contributed by atoms with Gasteiger partial charge in [-0.2, -0.15) is 0 Å². The Balaban J connectivity index is 2.22. The molecule has 120 valence electrons. The van der Waals surface area contributed by atoms with Gasteiger partial charge in [-0.3, -0.25) is 0 Å². The van der Waals surface area contributed by atoms with Crippen molar-refractivity contribution >= 4 is 5.57 Å². The first-order valence-corrected chi connectivity index (χ1v) is 8.54. The van der Waals surface area contributed by atoms with Crippen LogP contribution in [0.25, 0.3) is 5.57 Å². The summed E-state index contributed by atoms with van der Waals surface area (Å²) in [5, 5.41) is 0. The molecule has 0 nitrogen and oxygen atoms in total. The molecule has 0 aliphatic heterocycles. The molecule has 0 heterocycles. The SMILES string of the molecule is C/C(=C(\c1ccc(F)cc1)c1ccccc1C)C1(C)CCCC1. The second-order valence-corrected chi connectivity index (χ2v) is 7.09. The third kappa shape index (κ3) is 3.10. The molecule has 23 heavy (non-hydrogen) atoms. The van der Waals surface area contributed by atoms with Gasteiger partial charge in [-0.05, 0) is 66.5 Å². The number of aryl methyl sites for hydroxylation is 1. The van der Waals surface area contributed by atoms with E-state index in [0.29, 0.717) is 0 Å². The fraction of sp³-hybridized carbons (Fsp3) is 0.364. The lowest BCUT2D eigenvalue weighted by molar-refractivity contribution is 0.416. The molecule has 0 spiro atoms. The van der Waals surface area contributed by atoms with Crippen molar-refractivity contribution in [2.45, 2.75) is 46.5 Å². The van der Waals surface area contributed by atoms with Gasteiger partial charge >= 0.3 is 0 Å². The lowest BCUT2D eigenvalue weighted by Crippen LogP contribution is -2.15. The van der Waals surface area contributed by atoms with Crippen molar-refractivity contribution in [2.75, 3.05) is 0 Å². The average Bonchev–Trinajstić information content (AvgIpc) is 2.99. The van der Waals surface area contributed by atoms with Gasteiger partial charge in [0.05, 0.1) is 0 Å². The monoisotopic (exact) mass is 308 g/mol. The zero-order chi connectivity index (χ0) is 16.4. The fourth-order valence-corrected chi connectivity index (χ4v) is 3.88. The highest BCUT2D eigenvalue weighted by Crippen LogP contribution is 2.47. The maximum absolute atomic E-state index is 13.4. The van der Waals surface area contributed by atoms with Crippen LogP contribution in [-0.2, 0) is 0 Å². The third-order valence-corrected chi connectivity index (χ3v) is 5.53. The first-order valence-electron chi connectivity index (χ1n) is 8.54. The quantitative estimate of drug-likeness (QED) is 0.604. The van der Waals surface area contributed by atoms with E-state index in [-0.39, 0.29) is 11.2 Å². The van der Waals surface area contributed by atoms with Crippen LogP contribution < -0.4 is 0 Å². The largest absolute Gasteiger partial charge is 0.207 e. The molecule has 2 aromatic rings. The van der Waals surface area contributed by atoms with Crippen LogP contribution in [0, 0.1) is 18.2 Å². The number of halogens is 1. The van der Waals surface area contributed by atoms with E-state index in [0.717, 1.165) is 5.56 Å². The summed E-state index contributed by atoms with van der Waals surface area (Å²) >= 11 is 0. The Kier molecular flexibility index (Phi) is 4.39. The van der Waals surface area contributed by atoms with Crippen LogP contribution in [-0.4, -0.2) is 0 Å². The smallest absolute Gasteiger partial charge is 0.123 e. The van der Waals surface area contributed by atoms with Gasteiger partial charge in [-0.1, -0.05) is 61.7 Å². The Hall–Kier alpha value is -1.89. The van der Waals surface area contributed by atoms with Gasteiger partial charge in [-0.25, -0.2) is 4.39 Å². The second-order valence-electron chi connectivity index (χ2n) is 7.09. The van der Waals surface area contributed by atoms with Crippen molar-refractivity contribution in [2.24, 2.45) is 5.41 Å². The highest BCUT2D eigenvalue weighted by Gasteiger charge is 2.32. The zero-order valence-electron chi connectivity index (χ0n) is 14.3. The maximum Gasteiger partial charge on any atom is 0.123 e. The third-order valence-electron chi connectivity index (χ3n) is 5.53. The fourth-order valence-electron chi connectivity index (χ4n) is 3.88. The highest BCUT2D eigenvalue weighted by molar-refractivity contribution is 5.84. The molecule has 1 aliphatic carbocycles. The Morgan fingerprint density at radius 1 is 0.957 bits per heavy atom. The Morgan fingerprint density at radius 3 is 2.17 bits per heavy atom. The van der Waals surface area contributed by atoms with E-state index in [4.69, 9.17) is 0 Å². The molecule has 2 aromatic carbocycles. The van der Waals surface area contributed by atoms with E-state index in [9.17, 15) is 4.39 Å². The summed E-state index contributed by atoms with van der Waals surface area (Å²) in [6.45, 7) is 6.82. The minimum absolute atomic E-state index is 0.178. The molecular weight excluding hydrogens is 283 g/mol. The summed E-state index contributed by atoms with van der Waals surface area (Å²) in [7, 11) is 0. The van der Waals surface area contributed by atoms with Gasteiger partial charge in [-0.15, -0.1) is 0 Å².